The van der Waals surface area contributed by atoms with Crippen molar-refractivity contribution in [2.75, 3.05) is 0 Å². The standard InChI is InChI=1S/C32H9F4N7/c33-29-26(22(13-41)14-42)30(34)32(36)28(31(29)35)23(15-43)27-24(18-5-1-16(2-6-18)20(9-37)10-38)25(27)19-7-3-17(4-8-19)21(11-39)12-40/h1-8,28H. The number of benzene rings is 2. The Morgan fingerprint density at radius 2 is 0.814 bits per heavy atom. The molecule has 4 rings (SSSR count). The van der Waals surface area contributed by atoms with Crippen LogP contribution in [0.1, 0.15) is 0 Å². The number of allylic oxidation sites excluding steroid dienone is 8. The molecule has 1 fully saturated rings. The fourth-order valence-corrected chi connectivity index (χ4v) is 4.52. The predicted octanol–water partition coefficient (Wildman–Crippen LogP) is 3.19. The van der Waals surface area contributed by atoms with E-state index in [1.165, 1.54) is 60.7 Å². The molecule has 0 aliphatic heterocycles. The van der Waals surface area contributed by atoms with Crippen molar-refractivity contribution < 1.29 is 17.6 Å². The first kappa shape index (κ1) is 29.0. The largest absolute Gasteiger partial charge is 0.207 e. The number of rotatable bonds is 1. The third-order valence-corrected chi connectivity index (χ3v) is 6.58. The van der Waals surface area contributed by atoms with E-state index < -0.39 is 45.9 Å². The Kier molecular flexibility index (Phi) is 7.86. The van der Waals surface area contributed by atoms with Gasteiger partial charge in [-0.1, -0.05) is 48.5 Å². The highest BCUT2D eigenvalue weighted by Crippen LogP contribution is 2.54. The van der Waals surface area contributed by atoms with Crippen LogP contribution in [0.3, 0.4) is 0 Å². The van der Waals surface area contributed by atoms with Crippen molar-refractivity contribution in [2.45, 2.75) is 0 Å². The number of nitriles is 7. The lowest BCUT2D eigenvalue weighted by Crippen LogP contribution is -2.15. The van der Waals surface area contributed by atoms with Crippen LogP contribution in [-0.4, -0.2) is 0 Å². The quantitative estimate of drug-likeness (QED) is 0.377. The van der Waals surface area contributed by atoms with Crippen molar-refractivity contribution >= 4 is 22.3 Å². The van der Waals surface area contributed by atoms with E-state index in [9.17, 15) is 14.0 Å². The second-order valence-corrected chi connectivity index (χ2v) is 8.73. The molecule has 0 saturated heterocycles. The summed E-state index contributed by atoms with van der Waals surface area (Å²) in [5.74, 6) is -10.3. The second kappa shape index (κ2) is 11.6. The smallest absolute Gasteiger partial charge is 0.168 e. The minimum absolute atomic E-state index is 0.0540. The molecule has 2 aliphatic rings. The van der Waals surface area contributed by atoms with Crippen molar-refractivity contribution in [3.63, 3.8) is 0 Å². The summed E-state index contributed by atoms with van der Waals surface area (Å²) in [5.41, 5.74) is -3.31. The molecule has 0 bridgehead atoms. The van der Waals surface area contributed by atoms with Crippen molar-refractivity contribution in [3.05, 3.63) is 115 Å². The number of hydrogen-bond donors (Lipinski definition) is 0. The highest BCUT2D eigenvalue weighted by Gasteiger charge is 2.45. The van der Waals surface area contributed by atoms with E-state index in [-0.39, 0.29) is 38.3 Å². The van der Waals surface area contributed by atoms with Crippen molar-refractivity contribution in [2.24, 2.45) is 5.92 Å². The summed E-state index contributed by atoms with van der Waals surface area (Å²) in [7, 11) is 0. The summed E-state index contributed by atoms with van der Waals surface area (Å²) < 4.78 is 60.7. The predicted molar refractivity (Wildman–Crippen MR) is 140 cm³/mol. The van der Waals surface area contributed by atoms with Crippen LogP contribution in [0.25, 0.3) is 22.3 Å². The van der Waals surface area contributed by atoms with Gasteiger partial charge in [0.2, 0.25) is 0 Å². The lowest BCUT2D eigenvalue weighted by atomic mass is 9.87. The average molecular weight is 567 g/mol. The monoisotopic (exact) mass is 567 g/mol. The SMILES string of the molecule is N#CC(C#N)=C1C(F)=C(F)C(C(C#N)=C2C(=c3ccc(=C(C#N)C#N)cc3)C2=c2ccc(=C(C#N)C#N)cc2)C(F)=C1F. The number of nitrogens with zero attached hydrogens (tertiary/aromatic N) is 7. The van der Waals surface area contributed by atoms with Gasteiger partial charge in [-0.25, -0.2) is 17.6 Å². The fourth-order valence-electron chi connectivity index (χ4n) is 4.52. The van der Waals surface area contributed by atoms with Crippen LogP contribution in [-0.2, 0) is 0 Å². The van der Waals surface area contributed by atoms with Crippen LogP contribution in [0.2, 0.25) is 0 Å². The number of halogens is 4. The van der Waals surface area contributed by atoms with E-state index >= 15 is 8.78 Å². The topological polar surface area (TPSA) is 167 Å². The molecule has 2 aliphatic carbocycles. The highest BCUT2D eigenvalue weighted by molar-refractivity contribution is 6.29. The first-order valence-corrected chi connectivity index (χ1v) is 11.8. The number of hydrogen-bond acceptors (Lipinski definition) is 7. The van der Waals surface area contributed by atoms with Gasteiger partial charge in [-0.3, -0.25) is 0 Å². The molecule has 0 spiro atoms. The highest BCUT2D eigenvalue weighted by atomic mass is 19.2. The Morgan fingerprint density at radius 3 is 1.12 bits per heavy atom. The van der Waals surface area contributed by atoms with E-state index in [2.05, 4.69) is 0 Å². The summed E-state index contributed by atoms with van der Waals surface area (Å²) in [6, 6.07) is 22.6. The molecule has 0 heterocycles. The molecule has 0 aromatic heterocycles. The van der Waals surface area contributed by atoms with Gasteiger partial charge in [-0.05, 0) is 21.6 Å². The minimum Gasteiger partial charge on any atom is -0.207 e. The van der Waals surface area contributed by atoms with E-state index in [0.717, 1.165) is 0 Å². The summed E-state index contributed by atoms with van der Waals surface area (Å²) >= 11 is 0. The summed E-state index contributed by atoms with van der Waals surface area (Å²) in [5, 5.41) is 65.9. The average Bonchev–Trinajstić information content (AvgIpc) is 3.77. The minimum atomic E-state index is -2.47. The van der Waals surface area contributed by atoms with E-state index in [1.807, 2.05) is 0 Å². The third kappa shape index (κ3) is 4.82. The van der Waals surface area contributed by atoms with Crippen molar-refractivity contribution in [1.82, 2.24) is 0 Å². The van der Waals surface area contributed by atoms with E-state index in [1.54, 1.807) is 30.3 Å². The van der Waals surface area contributed by atoms with Gasteiger partial charge in [-0.2, -0.15) is 36.8 Å². The Hall–Kier alpha value is -6.97. The summed E-state index contributed by atoms with van der Waals surface area (Å²) in [6.07, 6.45) is 0. The van der Waals surface area contributed by atoms with Gasteiger partial charge in [0.1, 0.15) is 59.1 Å². The zero-order chi connectivity index (χ0) is 31.4. The molecular weight excluding hydrogens is 558 g/mol. The van der Waals surface area contributed by atoms with Gasteiger partial charge >= 0.3 is 0 Å². The zero-order valence-corrected chi connectivity index (χ0v) is 21.3. The van der Waals surface area contributed by atoms with Gasteiger partial charge < -0.3 is 0 Å². The molecule has 7 nitrogen and oxygen atoms in total. The normalized spacial score (nSPS) is 15.1. The molecule has 0 unspecified atom stereocenters. The molecule has 0 N–H and O–H groups in total. The Bertz CT molecular complexity index is 2130. The molecule has 43 heavy (non-hydrogen) atoms. The lowest BCUT2D eigenvalue weighted by Gasteiger charge is -2.20. The van der Waals surface area contributed by atoms with Crippen LogP contribution in [0, 0.1) is 85.2 Å². The molecule has 200 valence electrons. The summed E-state index contributed by atoms with van der Waals surface area (Å²) in [4.78, 5) is 0. The van der Waals surface area contributed by atoms with E-state index in [0.29, 0.717) is 10.4 Å². The zero-order valence-electron chi connectivity index (χ0n) is 21.3. The lowest BCUT2D eigenvalue weighted by molar-refractivity contribution is 0.400. The molecule has 0 radical (unpaired) electrons. The van der Waals surface area contributed by atoms with Crippen molar-refractivity contribution in [3.8, 4) is 42.5 Å². The first-order chi connectivity index (χ1) is 20.7. The van der Waals surface area contributed by atoms with Crippen LogP contribution < -0.4 is 20.9 Å². The molecule has 1 saturated carbocycles. The molecule has 0 amide bonds. The maximum atomic E-state index is 15.4. The third-order valence-electron chi connectivity index (χ3n) is 6.58. The Morgan fingerprint density at radius 1 is 0.465 bits per heavy atom. The van der Waals surface area contributed by atoms with E-state index in [4.69, 9.17) is 31.6 Å². The molecular formula is C32H9F4N7. The summed E-state index contributed by atoms with van der Waals surface area (Å²) in [6.45, 7) is 0. The van der Waals surface area contributed by atoms with Crippen molar-refractivity contribution in [1.29, 1.82) is 36.8 Å². The van der Waals surface area contributed by atoms with Gasteiger partial charge in [0, 0.05) is 16.0 Å². The maximum absolute atomic E-state index is 15.4. The Balaban J connectivity index is 2.13. The second-order valence-electron chi connectivity index (χ2n) is 8.73. The van der Waals surface area contributed by atoms with Crippen LogP contribution in [0.4, 0.5) is 17.6 Å². The molecule has 2 aromatic carbocycles. The van der Waals surface area contributed by atoms with Gasteiger partial charge in [0.05, 0.1) is 17.2 Å². The molecule has 2 aromatic rings. The first-order valence-electron chi connectivity index (χ1n) is 11.8. The van der Waals surface area contributed by atoms with Crippen LogP contribution in [0.5, 0.6) is 0 Å². The Labute approximate surface area is 240 Å². The molecule has 11 heteroatoms. The maximum Gasteiger partial charge on any atom is 0.168 e. The van der Waals surface area contributed by atoms with Crippen LogP contribution in [0.15, 0.2) is 94.1 Å². The molecule has 0 atom stereocenters. The fraction of sp³-hybridized carbons (Fsp3) is 0.0312. The van der Waals surface area contributed by atoms with Crippen LogP contribution >= 0.6 is 0 Å². The van der Waals surface area contributed by atoms with Gasteiger partial charge in [0.15, 0.2) is 23.3 Å². The van der Waals surface area contributed by atoms with Gasteiger partial charge in [0.25, 0.3) is 0 Å². The van der Waals surface area contributed by atoms with Gasteiger partial charge in [-0.15, -0.1) is 0 Å².